The maximum absolute atomic E-state index is 4.75. The lowest BCUT2D eigenvalue weighted by Crippen LogP contribution is -2.34. The molecule has 0 saturated heterocycles. The predicted octanol–water partition coefficient (Wildman–Crippen LogP) is 1.80. The first-order valence-corrected chi connectivity index (χ1v) is 7.28. The molecule has 0 atom stereocenters. The minimum absolute atomic E-state index is 0.837. The van der Waals surface area contributed by atoms with Crippen molar-refractivity contribution in [3.63, 3.8) is 0 Å². The van der Waals surface area contributed by atoms with Crippen molar-refractivity contribution in [3.05, 3.63) is 42.1 Å². The SMILES string of the molecule is CCCNCc1cccc(N2CCn3ccnc3C2)n1. The van der Waals surface area contributed by atoms with Crippen molar-refractivity contribution in [2.45, 2.75) is 33.0 Å². The number of aromatic nitrogens is 3. The van der Waals surface area contributed by atoms with E-state index >= 15 is 0 Å². The largest absolute Gasteiger partial charge is 0.347 e. The zero-order valence-corrected chi connectivity index (χ0v) is 11.9. The fourth-order valence-electron chi connectivity index (χ4n) is 2.50. The summed E-state index contributed by atoms with van der Waals surface area (Å²) >= 11 is 0. The Morgan fingerprint density at radius 2 is 2.25 bits per heavy atom. The van der Waals surface area contributed by atoms with E-state index in [0.717, 1.165) is 56.5 Å². The van der Waals surface area contributed by atoms with Gasteiger partial charge in [-0.05, 0) is 25.1 Å². The van der Waals surface area contributed by atoms with Crippen molar-refractivity contribution < 1.29 is 0 Å². The first-order chi connectivity index (χ1) is 9.86. The minimum atomic E-state index is 0.837. The molecule has 0 aliphatic carbocycles. The Labute approximate surface area is 119 Å². The molecule has 1 N–H and O–H groups in total. The summed E-state index contributed by atoms with van der Waals surface area (Å²) in [5, 5.41) is 3.40. The first kappa shape index (κ1) is 13.1. The van der Waals surface area contributed by atoms with E-state index in [1.807, 2.05) is 12.4 Å². The molecule has 1 aliphatic rings. The van der Waals surface area contributed by atoms with Gasteiger partial charge in [0.1, 0.15) is 11.6 Å². The van der Waals surface area contributed by atoms with Crippen LogP contribution in [0.5, 0.6) is 0 Å². The maximum atomic E-state index is 4.75. The third-order valence-corrected chi connectivity index (χ3v) is 3.59. The summed E-state index contributed by atoms with van der Waals surface area (Å²) in [6.07, 6.45) is 5.07. The molecule has 106 valence electrons. The van der Waals surface area contributed by atoms with Crippen LogP contribution < -0.4 is 10.2 Å². The highest BCUT2D eigenvalue weighted by Gasteiger charge is 2.17. The van der Waals surface area contributed by atoms with E-state index in [-0.39, 0.29) is 0 Å². The van der Waals surface area contributed by atoms with Gasteiger partial charge in [-0.1, -0.05) is 13.0 Å². The second kappa shape index (κ2) is 6.05. The number of imidazole rings is 1. The summed E-state index contributed by atoms with van der Waals surface area (Å²) in [6.45, 7) is 6.85. The molecule has 1 aliphatic heterocycles. The molecule has 2 aromatic heterocycles. The molecule has 0 unspecified atom stereocenters. The smallest absolute Gasteiger partial charge is 0.129 e. The highest BCUT2D eigenvalue weighted by molar-refractivity contribution is 5.40. The number of anilines is 1. The van der Waals surface area contributed by atoms with Crippen molar-refractivity contribution in [2.75, 3.05) is 18.0 Å². The Morgan fingerprint density at radius 3 is 3.15 bits per heavy atom. The number of fused-ring (bicyclic) bond motifs is 1. The molecule has 0 radical (unpaired) electrons. The van der Waals surface area contributed by atoms with Gasteiger partial charge in [-0.3, -0.25) is 0 Å². The third-order valence-electron chi connectivity index (χ3n) is 3.59. The first-order valence-electron chi connectivity index (χ1n) is 7.28. The molecule has 0 bridgehead atoms. The third kappa shape index (κ3) is 2.82. The molecular formula is C15H21N5. The second-order valence-corrected chi connectivity index (χ2v) is 5.12. The van der Waals surface area contributed by atoms with Crippen LogP contribution >= 0.6 is 0 Å². The normalized spacial score (nSPS) is 14.3. The van der Waals surface area contributed by atoms with Gasteiger partial charge in [0.25, 0.3) is 0 Å². The molecule has 0 saturated carbocycles. The van der Waals surface area contributed by atoms with Gasteiger partial charge in [0.15, 0.2) is 0 Å². The van der Waals surface area contributed by atoms with Crippen LogP contribution in [0.3, 0.4) is 0 Å². The van der Waals surface area contributed by atoms with Gasteiger partial charge in [-0.25, -0.2) is 9.97 Å². The Hall–Kier alpha value is -1.88. The monoisotopic (exact) mass is 271 g/mol. The van der Waals surface area contributed by atoms with E-state index in [4.69, 9.17) is 4.98 Å². The molecule has 20 heavy (non-hydrogen) atoms. The van der Waals surface area contributed by atoms with E-state index in [1.165, 1.54) is 0 Å². The molecule has 0 spiro atoms. The van der Waals surface area contributed by atoms with Crippen LogP contribution in [0, 0.1) is 0 Å². The minimum Gasteiger partial charge on any atom is -0.347 e. The molecule has 3 heterocycles. The Bertz CT molecular complexity index is 563. The average molecular weight is 271 g/mol. The number of nitrogens with one attached hydrogen (secondary N) is 1. The Morgan fingerprint density at radius 1 is 1.30 bits per heavy atom. The lowest BCUT2D eigenvalue weighted by Gasteiger charge is -2.28. The lowest BCUT2D eigenvalue weighted by molar-refractivity contribution is 0.555. The molecule has 0 fully saturated rings. The van der Waals surface area contributed by atoms with Crippen LogP contribution in [0.1, 0.15) is 24.9 Å². The zero-order valence-electron chi connectivity index (χ0n) is 11.9. The number of rotatable bonds is 5. The van der Waals surface area contributed by atoms with Crippen LogP contribution in [-0.2, 0) is 19.6 Å². The van der Waals surface area contributed by atoms with E-state index in [2.05, 4.69) is 44.9 Å². The summed E-state index contributed by atoms with van der Waals surface area (Å²) < 4.78 is 2.21. The van der Waals surface area contributed by atoms with Gasteiger partial charge in [-0.2, -0.15) is 0 Å². The standard InChI is InChI=1S/C15H21N5/c1-2-6-16-11-13-4-3-5-14(18-13)20-10-9-19-8-7-17-15(19)12-20/h3-5,7-8,16H,2,6,9-12H2,1H3. The molecule has 0 aromatic carbocycles. The van der Waals surface area contributed by atoms with Gasteiger partial charge in [0.2, 0.25) is 0 Å². The van der Waals surface area contributed by atoms with Gasteiger partial charge in [0.05, 0.1) is 12.2 Å². The predicted molar refractivity (Wildman–Crippen MR) is 79.5 cm³/mol. The van der Waals surface area contributed by atoms with Crippen LogP contribution in [0.15, 0.2) is 30.6 Å². The summed E-state index contributed by atoms with van der Waals surface area (Å²) in [7, 11) is 0. The van der Waals surface area contributed by atoms with Gasteiger partial charge in [-0.15, -0.1) is 0 Å². The zero-order chi connectivity index (χ0) is 13.8. The van der Waals surface area contributed by atoms with E-state index < -0.39 is 0 Å². The number of nitrogens with zero attached hydrogens (tertiary/aromatic N) is 4. The van der Waals surface area contributed by atoms with Crippen LogP contribution in [0.4, 0.5) is 5.82 Å². The second-order valence-electron chi connectivity index (χ2n) is 5.12. The topological polar surface area (TPSA) is 46.0 Å². The summed E-state index contributed by atoms with van der Waals surface area (Å²) in [5.74, 6) is 2.17. The highest BCUT2D eigenvalue weighted by atomic mass is 15.3. The van der Waals surface area contributed by atoms with Crippen molar-refractivity contribution in [1.82, 2.24) is 19.9 Å². The fourth-order valence-corrected chi connectivity index (χ4v) is 2.50. The molecule has 0 amide bonds. The molecule has 5 heteroatoms. The lowest BCUT2D eigenvalue weighted by atomic mass is 10.3. The Kier molecular flexibility index (Phi) is 3.97. The molecule has 2 aromatic rings. The highest BCUT2D eigenvalue weighted by Crippen LogP contribution is 2.18. The van der Waals surface area contributed by atoms with Gasteiger partial charge in [0, 0.05) is 32.0 Å². The van der Waals surface area contributed by atoms with Gasteiger partial charge < -0.3 is 14.8 Å². The quantitative estimate of drug-likeness (QED) is 0.842. The van der Waals surface area contributed by atoms with Crippen molar-refractivity contribution >= 4 is 5.82 Å². The molecule has 3 rings (SSSR count). The maximum Gasteiger partial charge on any atom is 0.129 e. The average Bonchev–Trinajstić information content (AvgIpc) is 2.95. The van der Waals surface area contributed by atoms with E-state index in [9.17, 15) is 0 Å². The Balaban J connectivity index is 1.70. The summed E-state index contributed by atoms with van der Waals surface area (Å²) in [6, 6.07) is 6.26. The van der Waals surface area contributed by atoms with Crippen molar-refractivity contribution in [2.24, 2.45) is 0 Å². The number of hydrogen-bond donors (Lipinski definition) is 1. The number of pyridine rings is 1. The van der Waals surface area contributed by atoms with Crippen LogP contribution in [0.2, 0.25) is 0 Å². The van der Waals surface area contributed by atoms with Crippen molar-refractivity contribution in [3.8, 4) is 0 Å². The molecule has 5 nitrogen and oxygen atoms in total. The summed E-state index contributed by atoms with van der Waals surface area (Å²) in [5.41, 5.74) is 1.10. The summed E-state index contributed by atoms with van der Waals surface area (Å²) in [4.78, 5) is 11.4. The van der Waals surface area contributed by atoms with Crippen LogP contribution in [0.25, 0.3) is 0 Å². The number of hydrogen-bond acceptors (Lipinski definition) is 4. The fraction of sp³-hybridized carbons (Fsp3) is 0.467. The van der Waals surface area contributed by atoms with Gasteiger partial charge >= 0.3 is 0 Å². The van der Waals surface area contributed by atoms with Crippen LogP contribution in [-0.4, -0.2) is 27.6 Å². The van der Waals surface area contributed by atoms with E-state index in [1.54, 1.807) is 0 Å². The molecular weight excluding hydrogens is 250 g/mol. The van der Waals surface area contributed by atoms with Crippen molar-refractivity contribution in [1.29, 1.82) is 0 Å². The van der Waals surface area contributed by atoms with E-state index in [0.29, 0.717) is 0 Å².